The summed E-state index contributed by atoms with van der Waals surface area (Å²) in [5.74, 6) is 1.66. The summed E-state index contributed by atoms with van der Waals surface area (Å²) < 4.78 is 3.69. The smallest absolute Gasteiger partial charge is 0.155 e. The van der Waals surface area contributed by atoms with E-state index < -0.39 is 0 Å². The molecule has 3 rings (SSSR count). The minimum absolute atomic E-state index is 0.0111. The summed E-state index contributed by atoms with van der Waals surface area (Å²) in [7, 11) is 0. The first kappa shape index (κ1) is 14.7. The lowest BCUT2D eigenvalue weighted by atomic mass is 10.1. The van der Waals surface area contributed by atoms with Gasteiger partial charge in [0.05, 0.1) is 0 Å². The molecule has 0 N–H and O–H groups in total. The number of rotatable bonds is 5. The van der Waals surface area contributed by atoms with Crippen molar-refractivity contribution in [2.24, 2.45) is 0 Å². The second kappa shape index (κ2) is 6.27. The molecular weight excluding hydrogens is 300 g/mol. The molecule has 6 nitrogen and oxygen atoms in total. The number of halogens is 1. The molecule has 0 fully saturated rings. The van der Waals surface area contributed by atoms with Crippen LogP contribution in [-0.2, 0) is 13.0 Å². The molecule has 0 bridgehead atoms. The molecule has 0 aliphatic carbocycles. The molecule has 0 saturated carbocycles. The molecule has 0 radical (unpaired) electrons. The van der Waals surface area contributed by atoms with Crippen LogP contribution in [0, 0.1) is 0 Å². The van der Waals surface area contributed by atoms with Gasteiger partial charge in [-0.3, -0.25) is 0 Å². The van der Waals surface area contributed by atoms with Crippen LogP contribution in [0.4, 0.5) is 0 Å². The Bertz CT molecular complexity index is 749. The van der Waals surface area contributed by atoms with Gasteiger partial charge in [0.2, 0.25) is 0 Å². The van der Waals surface area contributed by atoms with Gasteiger partial charge in [0.1, 0.15) is 18.7 Å². The average Bonchev–Trinajstić information content (AvgIpc) is 3.16. The van der Waals surface area contributed by atoms with Crippen molar-refractivity contribution in [2.75, 3.05) is 0 Å². The standard InChI is InChI=1S/C15H17ClN6/c1-3-21-15(11(2)22-10-17-9-18-22)19-14(20-21)8-12-5-4-6-13(16)7-12/h4-7,9-11H,3,8H2,1-2H3. The van der Waals surface area contributed by atoms with Crippen molar-refractivity contribution in [3.8, 4) is 0 Å². The van der Waals surface area contributed by atoms with Crippen molar-refractivity contribution < 1.29 is 0 Å². The van der Waals surface area contributed by atoms with Crippen LogP contribution in [0.2, 0.25) is 5.02 Å². The van der Waals surface area contributed by atoms with Gasteiger partial charge in [-0.1, -0.05) is 23.7 Å². The average molecular weight is 317 g/mol. The quantitative estimate of drug-likeness (QED) is 0.726. The SMILES string of the molecule is CCn1nc(Cc2cccc(Cl)c2)nc1C(C)n1cncn1. The van der Waals surface area contributed by atoms with Gasteiger partial charge in [-0.05, 0) is 31.5 Å². The summed E-state index contributed by atoms with van der Waals surface area (Å²) in [4.78, 5) is 8.67. The Labute approximate surface area is 133 Å². The van der Waals surface area contributed by atoms with E-state index in [0.29, 0.717) is 6.42 Å². The highest BCUT2D eigenvalue weighted by Gasteiger charge is 2.17. The van der Waals surface area contributed by atoms with Gasteiger partial charge in [0.25, 0.3) is 0 Å². The molecule has 1 unspecified atom stereocenters. The van der Waals surface area contributed by atoms with Gasteiger partial charge in [-0.15, -0.1) is 0 Å². The molecule has 0 spiro atoms. The fourth-order valence-corrected chi connectivity index (χ4v) is 2.60. The summed E-state index contributed by atoms with van der Waals surface area (Å²) >= 11 is 6.03. The van der Waals surface area contributed by atoms with Gasteiger partial charge in [0.15, 0.2) is 11.6 Å². The normalized spacial score (nSPS) is 12.5. The maximum absolute atomic E-state index is 6.03. The number of hydrogen-bond donors (Lipinski definition) is 0. The van der Waals surface area contributed by atoms with Crippen molar-refractivity contribution in [1.29, 1.82) is 0 Å². The van der Waals surface area contributed by atoms with Gasteiger partial charge < -0.3 is 0 Å². The molecule has 0 aliphatic rings. The van der Waals surface area contributed by atoms with E-state index in [1.165, 1.54) is 6.33 Å². The molecule has 0 saturated heterocycles. The molecule has 2 heterocycles. The fraction of sp³-hybridized carbons (Fsp3) is 0.333. The van der Waals surface area contributed by atoms with E-state index >= 15 is 0 Å². The zero-order chi connectivity index (χ0) is 15.5. The summed E-state index contributed by atoms with van der Waals surface area (Å²) in [6.07, 6.45) is 3.87. The number of benzene rings is 1. The van der Waals surface area contributed by atoms with E-state index in [9.17, 15) is 0 Å². The first-order valence-corrected chi connectivity index (χ1v) is 7.57. The van der Waals surface area contributed by atoms with Crippen molar-refractivity contribution in [1.82, 2.24) is 29.5 Å². The first-order chi connectivity index (χ1) is 10.7. The number of nitrogens with zero attached hydrogens (tertiary/aromatic N) is 6. The van der Waals surface area contributed by atoms with E-state index in [2.05, 4.69) is 27.1 Å². The van der Waals surface area contributed by atoms with Crippen molar-refractivity contribution >= 4 is 11.6 Å². The minimum atomic E-state index is -0.0111. The largest absolute Gasteiger partial charge is 0.248 e. The molecule has 1 aromatic carbocycles. The van der Waals surface area contributed by atoms with Crippen LogP contribution >= 0.6 is 11.6 Å². The van der Waals surface area contributed by atoms with Gasteiger partial charge in [-0.2, -0.15) is 10.2 Å². The fourth-order valence-electron chi connectivity index (χ4n) is 2.38. The summed E-state index contributed by atoms with van der Waals surface area (Å²) in [5, 5.41) is 9.49. The summed E-state index contributed by atoms with van der Waals surface area (Å²) in [6.45, 7) is 4.85. The van der Waals surface area contributed by atoms with Gasteiger partial charge in [0, 0.05) is 18.0 Å². The Morgan fingerprint density at radius 1 is 1.32 bits per heavy atom. The maximum atomic E-state index is 6.03. The Balaban J connectivity index is 1.88. The first-order valence-electron chi connectivity index (χ1n) is 7.19. The third kappa shape index (κ3) is 3.01. The predicted octanol–water partition coefficient (Wildman–Crippen LogP) is 2.74. The third-order valence-corrected chi connectivity index (χ3v) is 3.74. The minimum Gasteiger partial charge on any atom is -0.248 e. The molecule has 3 aromatic rings. The Morgan fingerprint density at radius 2 is 2.18 bits per heavy atom. The van der Waals surface area contributed by atoms with Crippen LogP contribution in [0.3, 0.4) is 0 Å². The third-order valence-electron chi connectivity index (χ3n) is 3.50. The maximum Gasteiger partial charge on any atom is 0.155 e. The predicted molar refractivity (Wildman–Crippen MR) is 83.8 cm³/mol. The lowest BCUT2D eigenvalue weighted by Gasteiger charge is -2.10. The molecule has 22 heavy (non-hydrogen) atoms. The van der Waals surface area contributed by atoms with Gasteiger partial charge >= 0.3 is 0 Å². The van der Waals surface area contributed by atoms with E-state index in [0.717, 1.165) is 28.8 Å². The molecule has 1 atom stereocenters. The van der Waals surface area contributed by atoms with E-state index in [4.69, 9.17) is 11.6 Å². The van der Waals surface area contributed by atoms with Crippen LogP contribution in [0.1, 0.15) is 37.1 Å². The van der Waals surface area contributed by atoms with Crippen LogP contribution in [-0.4, -0.2) is 29.5 Å². The Hall–Kier alpha value is -2.21. The highest BCUT2D eigenvalue weighted by Crippen LogP contribution is 2.17. The molecule has 0 aliphatic heterocycles. The van der Waals surface area contributed by atoms with Crippen molar-refractivity contribution in [2.45, 2.75) is 32.9 Å². The molecule has 0 amide bonds. The molecule has 114 valence electrons. The topological polar surface area (TPSA) is 61.4 Å². The molecule has 7 heteroatoms. The van der Waals surface area contributed by atoms with Gasteiger partial charge in [-0.25, -0.2) is 19.3 Å². The van der Waals surface area contributed by atoms with Crippen molar-refractivity contribution in [3.05, 3.63) is 59.2 Å². The highest BCUT2D eigenvalue weighted by atomic mass is 35.5. The molecule has 2 aromatic heterocycles. The van der Waals surface area contributed by atoms with Crippen LogP contribution in [0.5, 0.6) is 0 Å². The van der Waals surface area contributed by atoms with Crippen LogP contribution < -0.4 is 0 Å². The van der Waals surface area contributed by atoms with Crippen LogP contribution in [0.25, 0.3) is 0 Å². The van der Waals surface area contributed by atoms with E-state index in [1.54, 1.807) is 11.0 Å². The monoisotopic (exact) mass is 316 g/mol. The Morgan fingerprint density at radius 3 is 2.86 bits per heavy atom. The number of aryl methyl sites for hydroxylation is 1. The summed E-state index contributed by atoms with van der Waals surface area (Å²) in [6, 6.07) is 7.76. The highest BCUT2D eigenvalue weighted by molar-refractivity contribution is 6.30. The van der Waals surface area contributed by atoms with Crippen LogP contribution in [0.15, 0.2) is 36.9 Å². The zero-order valence-electron chi connectivity index (χ0n) is 12.5. The van der Waals surface area contributed by atoms with E-state index in [1.807, 2.05) is 35.9 Å². The lowest BCUT2D eigenvalue weighted by Crippen LogP contribution is -2.14. The number of hydrogen-bond acceptors (Lipinski definition) is 4. The summed E-state index contributed by atoms with van der Waals surface area (Å²) in [5.41, 5.74) is 1.10. The second-order valence-corrected chi connectivity index (χ2v) is 5.50. The zero-order valence-corrected chi connectivity index (χ0v) is 13.3. The Kier molecular flexibility index (Phi) is 4.20. The second-order valence-electron chi connectivity index (χ2n) is 5.06. The van der Waals surface area contributed by atoms with Crippen molar-refractivity contribution in [3.63, 3.8) is 0 Å². The number of aromatic nitrogens is 6. The van der Waals surface area contributed by atoms with E-state index in [-0.39, 0.29) is 6.04 Å². The molecular formula is C15H17ClN6. The lowest BCUT2D eigenvalue weighted by molar-refractivity contribution is 0.489.